The lowest BCUT2D eigenvalue weighted by atomic mass is 10.0. The number of ether oxygens (including phenoxy) is 1. The maximum Gasteiger partial charge on any atom is 0.123 e. The third-order valence-corrected chi connectivity index (χ3v) is 4.55. The van der Waals surface area contributed by atoms with Gasteiger partial charge in [-0.25, -0.2) is 0 Å². The van der Waals surface area contributed by atoms with Gasteiger partial charge in [-0.1, -0.05) is 18.2 Å². The van der Waals surface area contributed by atoms with Crippen molar-refractivity contribution in [3.8, 4) is 5.75 Å². The molecule has 3 nitrogen and oxygen atoms in total. The second kappa shape index (κ2) is 6.39. The van der Waals surface area contributed by atoms with Crippen LogP contribution in [0.5, 0.6) is 5.75 Å². The standard InChI is InChI=1S/C16H20N2OS/c1-19-16-5-3-2-4-14(16)15-10-17-7-8-18(15)11-13-6-9-20-12-13/h2-6,9,12,15,17H,7-8,10-11H2,1H3. The van der Waals surface area contributed by atoms with Crippen molar-refractivity contribution in [1.29, 1.82) is 0 Å². The first-order chi connectivity index (χ1) is 9.88. The number of nitrogens with one attached hydrogen (secondary N) is 1. The van der Waals surface area contributed by atoms with E-state index in [1.165, 1.54) is 11.1 Å². The Morgan fingerprint density at radius 2 is 2.25 bits per heavy atom. The maximum absolute atomic E-state index is 5.53. The molecular weight excluding hydrogens is 268 g/mol. The zero-order valence-corrected chi connectivity index (χ0v) is 12.5. The van der Waals surface area contributed by atoms with E-state index in [4.69, 9.17) is 4.74 Å². The molecular formula is C16H20N2OS. The highest BCUT2D eigenvalue weighted by atomic mass is 32.1. The second-order valence-electron chi connectivity index (χ2n) is 5.06. The fourth-order valence-electron chi connectivity index (χ4n) is 2.80. The number of rotatable bonds is 4. The van der Waals surface area contributed by atoms with Crippen LogP contribution in [0.25, 0.3) is 0 Å². The van der Waals surface area contributed by atoms with Crippen molar-refractivity contribution in [3.05, 3.63) is 52.2 Å². The molecule has 0 spiro atoms. The van der Waals surface area contributed by atoms with Gasteiger partial charge in [0.25, 0.3) is 0 Å². The SMILES string of the molecule is COc1ccccc1C1CNCCN1Cc1ccsc1. The minimum Gasteiger partial charge on any atom is -0.496 e. The molecule has 20 heavy (non-hydrogen) atoms. The Labute approximate surface area is 124 Å². The molecule has 3 rings (SSSR count). The van der Waals surface area contributed by atoms with Crippen molar-refractivity contribution in [1.82, 2.24) is 10.2 Å². The lowest BCUT2D eigenvalue weighted by Crippen LogP contribution is -2.45. The summed E-state index contributed by atoms with van der Waals surface area (Å²) in [5.74, 6) is 0.983. The van der Waals surface area contributed by atoms with Gasteiger partial charge in [0.05, 0.1) is 13.2 Å². The topological polar surface area (TPSA) is 24.5 Å². The third-order valence-electron chi connectivity index (χ3n) is 3.82. The van der Waals surface area contributed by atoms with Crippen LogP contribution < -0.4 is 10.1 Å². The number of hydrogen-bond donors (Lipinski definition) is 1. The van der Waals surface area contributed by atoms with Gasteiger partial charge in [-0.3, -0.25) is 4.90 Å². The molecule has 1 saturated heterocycles. The number of benzene rings is 1. The molecule has 0 aliphatic carbocycles. The van der Waals surface area contributed by atoms with Gasteiger partial charge < -0.3 is 10.1 Å². The van der Waals surface area contributed by atoms with Crippen molar-refractivity contribution in [2.24, 2.45) is 0 Å². The molecule has 1 unspecified atom stereocenters. The molecule has 1 N–H and O–H groups in total. The molecule has 0 saturated carbocycles. The first-order valence-electron chi connectivity index (χ1n) is 6.97. The molecule has 1 aliphatic heterocycles. The van der Waals surface area contributed by atoms with Crippen LogP contribution in [0.3, 0.4) is 0 Å². The van der Waals surface area contributed by atoms with E-state index in [0.717, 1.165) is 31.9 Å². The van der Waals surface area contributed by atoms with E-state index in [1.54, 1.807) is 18.4 Å². The van der Waals surface area contributed by atoms with Crippen molar-refractivity contribution in [2.45, 2.75) is 12.6 Å². The van der Waals surface area contributed by atoms with Crippen molar-refractivity contribution in [2.75, 3.05) is 26.7 Å². The van der Waals surface area contributed by atoms with Gasteiger partial charge in [-0.15, -0.1) is 0 Å². The van der Waals surface area contributed by atoms with Crippen molar-refractivity contribution in [3.63, 3.8) is 0 Å². The summed E-state index contributed by atoms with van der Waals surface area (Å²) in [5, 5.41) is 7.89. The average Bonchev–Trinajstić information content (AvgIpc) is 3.01. The largest absolute Gasteiger partial charge is 0.496 e. The van der Waals surface area contributed by atoms with Gasteiger partial charge in [-0.05, 0) is 28.5 Å². The molecule has 4 heteroatoms. The Balaban J connectivity index is 1.84. The number of methoxy groups -OCH3 is 1. The van der Waals surface area contributed by atoms with Gasteiger partial charge in [0.15, 0.2) is 0 Å². The van der Waals surface area contributed by atoms with E-state index < -0.39 is 0 Å². The minimum atomic E-state index is 0.375. The first-order valence-corrected chi connectivity index (χ1v) is 7.91. The highest BCUT2D eigenvalue weighted by molar-refractivity contribution is 7.07. The van der Waals surface area contributed by atoms with Crippen LogP contribution in [-0.4, -0.2) is 31.6 Å². The average molecular weight is 288 g/mol. The van der Waals surface area contributed by atoms with E-state index in [-0.39, 0.29) is 0 Å². The monoisotopic (exact) mass is 288 g/mol. The van der Waals surface area contributed by atoms with Gasteiger partial charge in [0.2, 0.25) is 0 Å². The molecule has 106 valence electrons. The fourth-order valence-corrected chi connectivity index (χ4v) is 3.46. The lowest BCUT2D eigenvalue weighted by Gasteiger charge is -2.36. The summed E-state index contributed by atoms with van der Waals surface area (Å²) >= 11 is 1.77. The number of piperazine rings is 1. The Kier molecular flexibility index (Phi) is 4.35. The zero-order valence-electron chi connectivity index (χ0n) is 11.7. The quantitative estimate of drug-likeness (QED) is 0.936. The van der Waals surface area contributed by atoms with Gasteiger partial charge in [-0.2, -0.15) is 11.3 Å². The predicted octanol–water partition coefficient (Wildman–Crippen LogP) is 2.90. The minimum absolute atomic E-state index is 0.375. The molecule has 2 heterocycles. The normalized spacial score (nSPS) is 19.9. The summed E-state index contributed by atoms with van der Waals surface area (Å²) in [6.07, 6.45) is 0. The predicted molar refractivity (Wildman–Crippen MR) is 83.3 cm³/mol. The molecule has 1 aromatic heterocycles. The van der Waals surface area contributed by atoms with Crippen LogP contribution in [-0.2, 0) is 6.54 Å². The number of nitrogens with zero attached hydrogens (tertiary/aromatic N) is 1. The smallest absolute Gasteiger partial charge is 0.123 e. The molecule has 1 atom stereocenters. The highest BCUT2D eigenvalue weighted by Gasteiger charge is 2.26. The number of para-hydroxylation sites is 1. The van der Waals surface area contributed by atoms with Gasteiger partial charge >= 0.3 is 0 Å². The zero-order chi connectivity index (χ0) is 13.8. The van der Waals surface area contributed by atoms with E-state index in [9.17, 15) is 0 Å². The molecule has 1 aliphatic rings. The third kappa shape index (κ3) is 2.87. The van der Waals surface area contributed by atoms with E-state index in [0.29, 0.717) is 6.04 Å². The second-order valence-corrected chi connectivity index (χ2v) is 5.84. The fraction of sp³-hybridized carbons (Fsp3) is 0.375. The summed E-state index contributed by atoms with van der Waals surface area (Å²) < 4.78 is 5.53. The molecule has 2 aromatic rings. The molecule has 1 aromatic carbocycles. The molecule has 1 fully saturated rings. The maximum atomic E-state index is 5.53. The summed E-state index contributed by atoms with van der Waals surface area (Å²) in [5.41, 5.74) is 2.68. The van der Waals surface area contributed by atoms with Crippen LogP contribution >= 0.6 is 11.3 Å². The molecule has 0 bridgehead atoms. The van der Waals surface area contributed by atoms with Crippen LogP contribution in [0.4, 0.5) is 0 Å². The lowest BCUT2D eigenvalue weighted by molar-refractivity contribution is 0.151. The van der Waals surface area contributed by atoms with Gasteiger partial charge in [0, 0.05) is 31.7 Å². The Morgan fingerprint density at radius 1 is 1.35 bits per heavy atom. The van der Waals surface area contributed by atoms with E-state index in [1.807, 2.05) is 12.1 Å². The van der Waals surface area contributed by atoms with Crippen molar-refractivity contribution >= 4 is 11.3 Å². The Morgan fingerprint density at radius 3 is 3.05 bits per heavy atom. The summed E-state index contributed by atoms with van der Waals surface area (Å²) in [6, 6.07) is 10.9. The first kappa shape index (κ1) is 13.6. The number of hydrogen-bond acceptors (Lipinski definition) is 4. The Bertz CT molecular complexity index is 541. The summed E-state index contributed by atoms with van der Waals surface area (Å²) in [6.45, 7) is 4.10. The van der Waals surface area contributed by atoms with Crippen LogP contribution in [0.1, 0.15) is 17.2 Å². The molecule has 0 amide bonds. The van der Waals surface area contributed by atoms with Gasteiger partial charge in [0.1, 0.15) is 5.75 Å². The summed E-state index contributed by atoms with van der Waals surface area (Å²) in [7, 11) is 1.75. The summed E-state index contributed by atoms with van der Waals surface area (Å²) in [4.78, 5) is 2.54. The van der Waals surface area contributed by atoms with E-state index >= 15 is 0 Å². The Hall–Kier alpha value is -1.36. The van der Waals surface area contributed by atoms with Crippen LogP contribution in [0, 0.1) is 0 Å². The van der Waals surface area contributed by atoms with Crippen molar-refractivity contribution < 1.29 is 4.74 Å². The van der Waals surface area contributed by atoms with E-state index in [2.05, 4.69) is 39.2 Å². The highest BCUT2D eigenvalue weighted by Crippen LogP contribution is 2.31. The number of thiophene rings is 1. The van der Waals surface area contributed by atoms with Crippen LogP contribution in [0.2, 0.25) is 0 Å². The van der Waals surface area contributed by atoms with Crippen LogP contribution in [0.15, 0.2) is 41.1 Å². The molecule has 0 radical (unpaired) electrons.